The van der Waals surface area contributed by atoms with Crippen LogP contribution in [0.25, 0.3) is 0 Å². The van der Waals surface area contributed by atoms with Gasteiger partial charge in [-0.3, -0.25) is 0 Å². The average Bonchev–Trinajstić information content (AvgIpc) is 2.87. The van der Waals surface area contributed by atoms with E-state index in [1.165, 1.54) is 30.6 Å². The number of nitrogens with one attached hydrogen (secondary N) is 1. The second kappa shape index (κ2) is 5.75. The zero-order valence-electron chi connectivity index (χ0n) is 12.3. The van der Waals surface area contributed by atoms with Crippen LogP contribution >= 0.6 is 11.3 Å². The van der Waals surface area contributed by atoms with E-state index in [1.54, 1.807) is 4.88 Å². The van der Waals surface area contributed by atoms with Crippen molar-refractivity contribution >= 4 is 11.3 Å². The molecule has 1 N–H and O–H groups in total. The Bertz CT molecular complexity index is 380. The third kappa shape index (κ3) is 2.97. The Morgan fingerprint density at radius 2 is 2.22 bits per heavy atom. The van der Waals surface area contributed by atoms with E-state index in [4.69, 9.17) is 0 Å². The molecule has 1 heterocycles. The Labute approximate surface area is 116 Å². The van der Waals surface area contributed by atoms with Gasteiger partial charge in [0.05, 0.1) is 0 Å². The van der Waals surface area contributed by atoms with Crippen LogP contribution in [0.15, 0.2) is 12.1 Å². The first-order chi connectivity index (χ1) is 8.54. The molecule has 0 aromatic carbocycles. The van der Waals surface area contributed by atoms with Crippen molar-refractivity contribution in [3.63, 3.8) is 0 Å². The summed E-state index contributed by atoms with van der Waals surface area (Å²) >= 11 is 1.97. The van der Waals surface area contributed by atoms with Gasteiger partial charge in [0.2, 0.25) is 0 Å². The molecule has 2 rings (SSSR count). The lowest BCUT2D eigenvalue weighted by molar-refractivity contribution is 0.200. The molecule has 2 unspecified atom stereocenters. The van der Waals surface area contributed by atoms with Gasteiger partial charge in [0.25, 0.3) is 0 Å². The molecule has 2 heteroatoms. The van der Waals surface area contributed by atoms with Gasteiger partial charge in [0.15, 0.2) is 0 Å². The fourth-order valence-electron chi connectivity index (χ4n) is 3.33. The summed E-state index contributed by atoms with van der Waals surface area (Å²) in [6, 6.07) is 5.17. The zero-order valence-corrected chi connectivity index (χ0v) is 13.1. The van der Waals surface area contributed by atoms with Crippen LogP contribution < -0.4 is 5.32 Å². The predicted molar refractivity (Wildman–Crippen MR) is 81.2 cm³/mol. The highest BCUT2D eigenvalue weighted by atomic mass is 32.1. The van der Waals surface area contributed by atoms with E-state index in [9.17, 15) is 0 Å². The molecule has 1 aliphatic carbocycles. The summed E-state index contributed by atoms with van der Waals surface area (Å²) in [7, 11) is 0. The number of aryl methyl sites for hydroxylation is 1. The summed E-state index contributed by atoms with van der Waals surface area (Å²) in [6.45, 7) is 10.5. The Morgan fingerprint density at radius 1 is 1.44 bits per heavy atom. The summed E-state index contributed by atoms with van der Waals surface area (Å²) in [5.74, 6) is 0.794. The second-order valence-electron chi connectivity index (χ2n) is 6.37. The summed E-state index contributed by atoms with van der Waals surface area (Å²) in [6.07, 6.45) is 5.37. The monoisotopic (exact) mass is 265 g/mol. The smallest absolute Gasteiger partial charge is 0.0448 e. The van der Waals surface area contributed by atoms with E-state index in [-0.39, 0.29) is 0 Å². The minimum Gasteiger partial charge on any atom is -0.309 e. The van der Waals surface area contributed by atoms with Crippen molar-refractivity contribution in [3.8, 4) is 0 Å². The highest BCUT2D eigenvalue weighted by Gasteiger charge is 2.40. The molecule has 0 spiro atoms. The standard InChI is InChI=1S/C16H27NS/c1-5-11-17-15(14-9-8-12(2)18-14)13-7-6-10-16(13,3)4/h8-9,13,15,17H,5-7,10-11H2,1-4H3. The van der Waals surface area contributed by atoms with Gasteiger partial charge in [-0.1, -0.05) is 27.2 Å². The molecule has 0 amide bonds. The van der Waals surface area contributed by atoms with Crippen molar-refractivity contribution < 1.29 is 0 Å². The van der Waals surface area contributed by atoms with Crippen LogP contribution in [-0.4, -0.2) is 6.54 Å². The third-order valence-corrected chi connectivity index (χ3v) is 5.51. The molecule has 1 fully saturated rings. The molecule has 1 nitrogen and oxygen atoms in total. The first kappa shape index (κ1) is 14.1. The minimum atomic E-state index is 0.489. The van der Waals surface area contributed by atoms with Crippen molar-refractivity contribution in [1.82, 2.24) is 5.32 Å². The summed E-state index contributed by atoms with van der Waals surface area (Å²) < 4.78 is 0. The maximum absolute atomic E-state index is 3.81. The molecular formula is C16H27NS. The van der Waals surface area contributed by atoms with Crippen LogP contribution in [0.1, 0.15) is 62.3 Å². The first-order valence-electron chi connectivity index (χ1n) is 7.34. The molecule has 0 saturated heterocycles. The summed E-state index contributed by atoms with van der Waals surface area (Å²) in [5, 5.41) is 3.81. The van der Waals surface area contributed by atoms with Gasteiger partial charge in [-0.2, -0.15) is 0 Å². The van der Waals surface area contributed by atoms with Gasteiger partial charge in [0.1, 0.15) is 0 Å². The number of hydrogen-bond acceptors (Lipinski definition) is 2. The molecule has 1 aromatic rings. The zero-order chi connectivity index (χ0) is 13.2. The average molecular weight is 265 g/mol. The van der Waals surface area contributed by atoms with Crippen LogP contribution in [0.4, 0.5) is 0 Å². The van der Waals surface area contributed by atoms with Crippen molar-refractivity contribution in [2.45, 2.75) is 59.4 Å². The van der Waals surface area contributed by atoms with Crippen LogP contribution in [0, 0.1) is 18.3 Å². The molecule has 1 saturated carbocycles. The Balaban J connectivity index is 2.19. The number of hydrogen-bond donors (Lipinski definition) is 1. The van der Waals surface area contributed by atoms with Crippen LogP contribution in [0.2, 0.25) is 0 Å². The van der Waals surface area contributed by atoms with Crippen molar-refractivity contribution in [2.24, 2.45) is 11.3 Å². The first-order valence-corrected chi connectivity index (χ1v) is 8.16. The van der Waals surface area contributed by atoms with Crippen LogP contribution in [0.5, 0.6) is 0 Å². The third-order valence-electron chi connectivity index (χ3n) is 4.42. The van der Waals surface area contributed by atoms with Crippen LogP contribution in [0.3, 0.4) is 0 Å². The SMILES string of the molecule is CCCNC(c1ccc(C)s1)C1CCCC1(C)C. The number of thiophene rings is 1. The van der Waals surface area contributed by atoms with Gasteiger partial charge < -0.3 is 5.32 Å². The van der Waals surface area contributed by atoms with E-state index >= 15 is 0 Å². The molecule has 0 bridgehead atoms. The molecule has 1 aromatic heterocycles. The minimum absolute atomic E-state index is 0.489. The van der Waals surface area contributed by atoms with Crippen molar-refractivity contribution in [2.75, 3.05) is 6.54 Å². The van der Waals surface area contributed by atoms with Gasteiger partial charge in [-0.25, -0.2) is 0 Å². The molecule has 2 atom stereocenters. The van der Waals surface area contributed by atoms with Gasteiger partial charge in [0, 0.05) is 15.8 Å². The molecule has 0 aliphatic heterocycles. The quantitative estimate of drug-likeness (QED) is 0.796. The normalized spacial score (nSPS) is 24.3. The van der Waals surface area contributed by atoms with Gasteiger partial charge in [-0.05, 0) is 56.2 Å². The van der Waals surface area contributed by atoms with E-state index in [0.717, 1.165) is 12.5 Å². The van der Waals surface area contributed by atoms with E-state index < -0.39 is 0 Å². The Morgan fingerprint density at radius 3 is 2.72 bits per heavy atom. The lowest BCUT2D eigenvalue weighted by atomic mass is 9.77. The van der Waals surface area contributed by atoms with E-state index in [0.29, 0.717) is 11.5 Å². The van der Waals surface area contributed by atoms with Crippen molar-refractivity contribution in [3.05, 3.63) is 21.9 Å². The lowest BCUT2D eigenvalue weighted by Crippen LogP contribution is -2.33. The Kier molecular flexibility index (Phi) is 4.50. The lowest BCUT2D eigenvalue weighted by Gasteiger charge is -2.34. The molecule has 0 radical (unpaired) electrons. The maximum Gasteiger partial charge on any atom is 0.0448 e. The van der Waals surface area contributed by atoms with Crippen LogP contribution in [-0.2, 0) is 0 Å². The molecule has 102 valence electrons. The second-order valence-corrected chi connectivity index (χ2v) is 7.69. The summed E-state index contributed by atoms with van der Waals surface area (Å²) in [5.41, 5.74) is 0.489. The fourth-order valence-corrected chi connectivity index (χ4v) is 4.35. The highest BCUT2D eigenvalue weighted by Crippen LogP contribution is 2.49. The molecular weight excluding hydrogens is 238 g/mol. The van der Waals surface area contributed by atoms with E-state index in [1.807, 2.05) is 11.3 Å². The predicted octanol–water partition coefficient (Wildman–Crippen LogP) is 4.92. The topological polar surface area (TPSA) is 12.0 Å². The number of rotatable bonds is 5. The fraction of sp³-hybridized carbons (Fsp3) is 0.750. The summed E-state index contributed by atoms with van der Waals surface area (Å²) in [4.78, 5) is 2.98. The molecule has 1 aliphatic rings. The van der Waals surface area contributed by atoms with Gasteiger partial charge in [-0.15, -0.1) is 11.3 Å². The van der Waals surface area contributed by atoms with Crippen molar-refractivity contribution in [1.29, 1.82) is 0 Å². The largest absolute Gasteiger partial charge is 0.309 e. The van der Waals surface area contributed by atoms with Gasteiger partial charge >= 0.3 is 0 Å². The van der Waals surface area contributed by atoms with E-state index in [2.05, 4.69) is 45.1 Å². The highest BCUT2D eigenvalue weighted by molar-refractivity contribution is 7.12. The molecule has 18 heavy (non-hydrogen) atoms. The maximum atomic E-state index is 3.81. The Hall–Kier alpha value is -0.340.